The summed E-state index contributed by atoms with van der Waals surface area (Å²) in [7, 11) is 1.71. The van der Waals surface area contributed by atoms with Crippen molar-refractivity contribution in [3.63, 3.8) is 0 Å². The molecule has 1 saturated heterocycles. The summed E-state index contributed by atoms with van der Waals surface area (Å²) >= 11 is 0. The highest BCUT2D eigenvalue weighted by Crippen LogP contribution is 2.25. The molecule has 1 aliphatic heterocycles. The maximum absolute atomic E-state index is 13.5. The Morgan fingerprint density at radius 1 is 1.09 bits per heavy atom. The molecule has 0 aliphatic carbocycles. The summed E-state index contributed by atoms with van der Waals surface area (Å²) in [6.07, 6.45) is -1.06. The first-order chi connectivity index (χ1) is 15.0. The highest BCUT2D eigenvalue weighted by molar-refractivity contribution is 6.01. The summed E-state index contributed by atoms with van der Waals surface area (Å²) in [5, 5.41) is 7.20. The van der Waals surface area contributed by atoms with Crippen molar-refractivity contribution in [1.29, 1.82) is 0 Å². The molecule has 32 heavy (non-hydrogen) atoms. The van der Waals surface area contributed by atoms with Crippen LogP contribution in [0.3, 0.4) is 0 Å². The molecule has 0 bridgehead atoms. The molecule has 1 unspecified atom stereocenters. The summed E-state index contributed by atoms with van der Waals surface area (Å²) in [6.45, 7) is 9.00. The maximum atomic E-state index is 13.5. The average Bonchev–Trinajstić information content (AvgIpc) is 3.35. The molecule has 0 spiro atoms. The number of benzene rings is 1. The molecule has 9 heteroatoms. The van der Waals surface area contributed by atoms with E-state index in [2.05, 4.69) is 10.4 Å². The van der Waals surface area contributed by atoms with E-state index in [1.807, 2.05) is 39.8 Å². The van der Waals surface area contributed by atoms with Gasteiger partial charge in [0.15, 0.2) is 6.17 Å². The predicted octanol–water partition coefficient (Wildman–Crippen LogP) is 1.03. The van der Waals surface area contributed by atoms with E-state index in [9.17, 15) is 14.4 Å². The van der Waals surface area contributed by atoms with Crippen LogP contribution in [-0.2, 0) is 17.3 Å². The van der Waals surface area contributed by atoms with Crippen LogP contribution in [0.25, 0.3) is 0 Å². The quantitative estimate of drug-likeness (QED) is 0.721. The Labute approximate surface area is 188 Å². The third-order valence-electron chi connectivity index (χ3n) is 5.54. The molecular formula is C23H32N6O3. The molecule has 3 N–H and O–H groups in total. The Hall–Kier alpha value is -3.20. The molecule has 1 aromatic heterocycles. The van der Waals surface area contributed by atoms with Crippen molar-refractivity contribution < 1.29 is 14.4 Å². The van der Waals surface area contributed by atoms with Gasteiger partial charge in [-0.25, -0.2) is 0 Å². The van der Waals surface area contributed by atoms with Crippen molar-refractivity contribution in [1.82, 2.24) is 24.9 Å². The van der Waals surface area contributed by atoms with Crippen molar-refractivity contribution in [2.24, 2.45) is 12.8 Å². The van der Waals surface area contributed by atoms with Crippen LogP contribution in [0, 0.1) is 6.92 Å². The fourth-order valence-corrected chi connectivity index (χ4v) is 3.67. The molecule has 1 atom stereocenters. The zero-order valence-electron chi connectivity index (χ0n) is 19.4. The average molecular weight is 441 g/mol. The zero-order valence-corrected chi connectivity index (χ0v) is 19.4. The van der Waals surface area contributed by atoms with E-state index in [-0.39, 0.29) is 43.4 Å². The standard InChI is InChI=1S/C23H32N6O3/c1-15-6-8-16(9-7-15)21(31)28-12-13-29(20(28)19(30)25-11-10-24)22(32)17-14-18(23(2,3)4)26-27(17)5/h6-9,14,20H,10-13,24H2,1-5H3,(H,25,30). The number of amides is 3. The third kappa shape index (κ3) is 4.67. The van der Waals surface area contributed by atoms with Crippen LogP contribution >= 0.6 is 0 Å². The van der Waals surface area contributed by atoms with Gasteiger partial charge in [0.1, 0.15) is 5.69 Å². The molecule has 1 aliphatic rings. The zero-order chi connectivity index (χ0) is 23.6. The van der Waals surface area contributed by atoms with Gasteiger partial charge < -0.3 is 20.9 Å². The molecule has 0 saturated carbocycles. The summed E-state index contributed by atoms with van der Waals surface area (Å²) in [5.74, 6) is -1.07. The van der Waals surface area contributed by atoms with E-state index in [1.54, 1.807) is 25.2 Å². The van der Waals surface area contributed by atoms with Gasteiger partial charge in [0.25, 0.3) is 17.7 Å². The second-order valence-corrected chi connectivity index (χ2v) is 9.10. The van der Waals surface area contributed by atoms with Crippen LogP contribution in [0.4, 0.5) is 0 Å². The van der Waals surface area contributed by atoms with E-state index in [0.29, 0.717) is 11.3 Å². The lowest BCUT2D eigenvalue weighted by Crippen LogP contribution is -2.54. The fraction of sp³-hybridized carbons (Fsp3) is 0.478. The molecule has 1 fully saturated rings. The van der Waals surface area contributed by atoms with Gasteiger partial charge in [-0.2, -0.15) is 5.10 Å². The number of carbonyl (C=O) groups excluding carboxylic acids is 3. The Kier molecular flexibility index (Phi) is 6.68. The molecule has 172 valence electrons. The smallest absolute Gasteiger partial charge is 0.274 e. The first-order valence-corrected chi connectivity index (χ1v) is 10.8. The lowest BCUT2D eigenvalue weighted by atomic mass is 9.92. The third-order valence-corrected chi connectivity index (χ3v) is 5.54. The summed E-state index contributed by atoms with van der Waals surface area (Å²) in [4.78, 5) is 42.6. The Morgan fingerprint density at radius 2 is 1.69 bits per heavy atom. The minimum atomic E-state index is -1.06. The van der Waals surface area contributed by atoms with Crippen LogP contribution in [0.1, 0.15) is 52.9 Å². The summed E-state index contributed by atoms with van der Waals surface area (Å²) in [6, 6.07) is 8.90. The highest BCUT2D eigenvalue weighted by atomic mass is 16.2. The molecular weight excluding hydrogens is 408 g/mol. The lowest BCUT2D eigenvalue weighted by Gasteiger charge is -2.29. The predicted molar refractivity (Wildman–Crippen MR) is 121 cm³/mol. The van der Waals surface area contributed by atoms with Crippen LogP contribution in [0.15, 0.2) is 30.3 Å². The Bertz CT molecular complexity index is 1010. The van der Waals surface area contributed by atoms with E-state index in [4.69, 9.17) is 5.73 Å². The van der Waals surface area contributed by atoms with Gasteiger partial charge in [-0.3, -0.25) is 19.1 Å². The topological polar surface area (TPSA) is 114 Å². The number of nitrogens with two attached hydrogens (primary N) is 1. The van der Waals surface area contributed by atoms with Crippen LogP contribution in [0.5, 0.6) is 0 Å². The van der Waals surface area contributed by atoms with E-state index >= 15 is 0 Å². The largest absolute Gasteiger partial charge is 0.351 e. The van der Waals surface area contributed by atoms with Crippen molar-refractivity contribution in [2.45, 2.75) is 39.3 Å². The number of carbonyl (C=O) groups is 3. The minimum absolute atomic E-state index is 0.230. The van der Waals surface area contributed by atoms with Crippen LogP contribution < -0.4 is 11.1 Å². The highest BCUT2D eigenvalue weighted by Gasteiger charge is 2.43. The molecule has 0 radical (unpaired) electrons. The van der Waals surface area contributed by atoms with Crippen molar-refractivity contribution >= 4 is 17.7 Å². The second kappa shape index (κ2) is 9.12. The van der Waals surface area contributed by atoms with Gasteiger partial charge in [-0.1, -0.05) is 38.5 Å². The van der Waals surface area contributed by atoms with Gasteiger partial charge in [0.2, 0.25) is 0 Å². The van der Waals surface area contributed by atoms with Crippen molar-refractivity contribution in [3.05, 3.63) is 52.8 Å². The lowest BCUT2D eigenvalue weighted by molar-refractivity contribution is -0.128. The first-order valence-electron chi connectivity index (χ1n) is 10.8. The summed E-state index contributed by atoms with van der Waals surface area (Å²) < 4.78 is 1.53. The monoisotopic (exact) mass is 440 g/mol. The van der Waals surface area contributed by atoms with E-state index in [1.165, 1.54) is 14.5 Å². The number of hydrogen-bond donors (Lipinski definition) is 2. The number of hydrogen-bond acceptors (Lipinski definition) is 5. The van der Waals surface area contributed by atoms with Gasteiger partial charge in [-0.05, 0) is 25.1 Å². The van der Waals surface area contributed by atoms with Crippen LogP contribution in [0.2, 0.25) is 0 Å². The van der Waals surface area contributed by atoms with Gasteiger partial charge in [0.05, 0.1) is 5.69 Å². The Morgan fingerprint density at radius 3 is 2.22 bits per heavy atom. The molecule has 9 nitrogen and oxygen atoms in total. The van der Waals surface area contributed by atoms with Crippen molar-refractivity contribution in [2.75, 3.05) is 26.2 Å². The maximum Gasteiger partial charge on any atom is 0.274 e. The number of rotatable bonds is 5. The minimum Gasteiger partial charge on any atom is -0.351 e. The van der Waals surface area contributed by atoms with Gasteiger partial charge in [-0.15, -0.1) is 0 Å². The van der Waals surface area contributed by atoms with Crippen LogP contribution in [-0.4, -0.2) is 69.6 Å². The second-order valence-electron chi connectivity index (χ2n) is 9.10. The van der Waals surface area contributed by atoms with Gasteiger partial charge in [0, 0.05) is 44.2 Å². The van der Waals surface area contributed by atoms with Crippen molar-refractivity contribution in [3.8, 4) is 0 Å². The Balaban J connectivity index is 1.93. The number of nitrogens with zero attached hydrogens (tertiary/aromatic N) is 4. The van der Waals surface area contributed by atoms with Gasteiger partial charge >= 0.3 is 0 Å². The number of aryl methyl sites for hydroxylation is 2. The molecule has 3 rings (SSSR count). The van der Waals surface area contributed by atoms with E-state index in [0.717, 1.165) is 11.3 Å². The fourth-order valence-electron chi connectivity index (χ4n) is 3.67. The number of nitrogens with one attached hydrogen (secondary N) is 1. The molecule has 1 aromatic carbocycles. The molecule has 3 amide bonds. The summed E-state index contributed by atoms with van der Waals surface area (Å²) in [5.41, 5.74) is 7.96. The van der Waals surface area contributed by atoms with E-state index < -0.39 is 12.1 Å². The molecule has 2 heterocycles. The normalized spacial score (nSPS) is 16.4. The SMILES string of the molecule is Cc1ccc(C(=O)N2CCN(C(=O)c3cc(C(C)(C)C)nn3C)C2C(=O)NCCN)cc1. The number of aromatic nitrogens is 2. The first kappa shape index (κ1) is 23.5. The molecule has 2 aromatic rings.